The number of unbranched alkanes of at least 4 members (excludes halogenated alkanes) is 1. The molecule has 0 aromatic heterocycles. The van der Waals surface area contributed by atoms with Crippen molar-refractivity contribution in [3.63, 3.8) is 0 Å². The molecule has 0 rings (SSSR count). The molecule has 0 aliphatic heterocycles. The Morgan fingerprint density at radius 3 is 2.44 bits per heavy atom. The normalized spacial score (nSPS) is 11.9. The molecule has 5 heteroatoms. The smallest absolute Gasteiger partial charge is 0.322 e. The summed E-state index contributed by atoms with van der Waals surface area (Å²) >= 11 is 0. The van der Waals surface area contributed by atoms with Gasteiger partial charge in [0.25, 0.3) is 0 Å². The minimum atomic E-state index is -0.370. The number of esters is 2. The fraction of sp³-hybridized carbons (Fsp3) is 0.818. The van der Waals surface area contributed by atoms with Crippen LogP contribution in [0.5, 0.6) is 0 Å². The number of nitrogens with one attached hydrogen (secondary N) is 1. The Labute approximate surface area is 96.5 Å². The summed E-state index contributed by atoms with van der Waals surface area (Å²) in [6.07, 6.45) is 2.12. The Bertz CT molecular complexity index is 218. The van der Waals surface area contributed by atoms with Gasteiger partial charge in [0.15, 0.2) is 0 Å². The summed E-state index contributed by atoms with van der Waals surface area (Å²) in [7, 11) is 0. The lowest BCUT2D eigenvalue weighted by Crippen LogP contribution is -2.36. The Kier molecular flexibility index (Phi) is 8.52. The molecule has 5 nitrogen and oxygen atoms in total. The highest BCUT2D eigenvalue weighted by molar-refractivity contribution is 5.75. The zero-order valence-corrected chi connectivity index (χ0v) is 10.2. The maximum absolute atomic E-state index is 11.4. The van der Waals surface area contributed by atoms with Crippen LogP contribution in [0.15, 0.2) is 0 Å². The highest BCUT2D eigenvalue weighted by atomic mass is 16.6. The van der Waals surface area contributed by atoms with Crippen molar-refractivity contribution < 1.29 is 19.1 Å². The van der Waals surface area contributed by atoms with Gasteiger partial charge in [-0.25, -0.2) is 0 Å². The topological polar surface area (TPSA) is 64.6 Å². The second kappa shape index (κ2) is 9.15. The lowest BCUT2D eigenvalue weighted by Gasteiger charge is -2.12. The van der Waals surface area contributed by atoms with Gasteiger partial charge >= 0.3 is 11.9 Å². The van der Waals surface area contributed by atoms with E-state index in [4.69, 9.17) is 4.74 Å². The van der Waals surface area contributed by atoms with Gasteiger partial charge in [-0.1, -0.05) is 13.3 Å². The molecule has 0 aromatic rings. The van der Waals surface area contributed by atoms with Crippen molar-refractivity contribution in [3.8, 4) is 0 Å². The summed E-state index contributed by atoms with van der Waals surface area (Å²) in [4.78, 5) is 21.8. The van der Waals surface area contributed by atoms with Crippen molar-refractivity contribution in [3.05, 3.63) is 0 Å². The van der Waals surface area contributed by atoms with Gasteiger partial charge < -0.3 is 14.8 Å². The van der Waals surface area contributed by atoms with Crippen molar-refractivity contribution in [1.82, 2.24) is 5.32 Å². The van der Waals surface area contributed by atoms with Crippen molar-refractivity contribution in [1.29, 1.82) is 0 Å². The summed E-state index contributed by atoms with van der Waals surface area (Å²) in [5.74, 6) is -0.687. The summed E-state index contributed by atoms with van der Waals surface area (Å²) in [6.45, 7) is 6.18. The molecule has 94 valence electrons. The lowest BCUT2D eigenvalue weighted by atomic mass is 10.3. The molecule has 0 radical (unpaired) electrons. The third kappa shape index (κ3) is 8.23. The maximum atomic E-state index is 11.4. The van der Waals surface area contributed by atoms with Gasteiger partial charge in [0.2, 0.25) is 0 Å². The Balaban J connectivity index is 3.51. The van der Waals surface area contributed by atoms with Crippen molar-refractivity contribution >= 4 is 11.9 Å². The van der Waals surface area contributed by atoms with Crippen LogP contribution >= 0.6 is 0 Å². The number of ether oxygens (including phenoxy) is 2. The van der Waals surface area contributed by atoms with Crippen LogP contribution in [0.1, 0.15) is 33.6 Å². The van der Waals surface area contributed by atoms with E-state index in [0.29, 0.717) is 0 Å². The van der Waals surface area contributed by atoms with Gasteiger partial charge in [-0.15, -0.1) is 0 Å². The largest absolute Gasteiger partial charge is 0.462 e. The number of carbonyl (C=O) groups is 2. The molecule has 1 N–H and O–H groups in total. The molecule has 0 amide bonds. The van der Waals surface area contributed by atoms with E-state index in [-0.39, 0.29) is 31.2 Å². The molecule has 0 aliphatic rings. The third-order valence-electron chi connectivity index (χ3n) is 1.97. The van der Waals surface area contributed by atoms with Gasteiger partial charge in [-0.3, -0.25) is 9.59 Å². The highest BCUT2D eigenvalue weighted by Crippen LogP contribution is 1.91. The van der Waals surface area contributed by atoms with E-state index >= 15 is 0 Å². The van der Waals surface area contributed by atoms with Crippen LogP contribution < -0.4 is 5.32 Å². The van der Waals surface area contributed by atoms with E-state index in [1.165, 1.54) is 6.92 Å². The second-order valence-electron chi connectivity index (χ2n) is 3.54. The van der Waals surface area contributed by atoms with Crippen molar-refractivity contribution in [2.24, 2.45) is 0 Å². The summed E-state index contributed by atoms with van der Waals surface area (Å²) < 4.78 is 9.54. The third-order valence-corrected chi connectivity index (χ3v) is 1.97. The van der Waals surface area contributed by atoms with Crippen LogP contribution in [0, 0.1) is 0 Å². The Hall–Kier alpha value is -1.10. The van der Waals surface area contributed by atoms with Crippen molar-refractivity contribution in [2.45, 2.75) is 39.7 Å². The SMILES string of the molecule is CCCCNC(C)C(=O)OCCOC(C)=O. The van der Waals surface area contributed by atoms with E-state index in [1.54, 1.807) is 6.92 Å². The monoisotopic (exact) mass is 231 g/mol. The predicted octanol–water partition coefficient (Wildman–Crippen LogP) is 0.871. The highest BCUT2D eigenvalue weighted by Gasteiger charge is 2.12. The van der Waals surface area contributed by atoms with Gasteiger partial charge in [0.1, 0.15) is 19.3 Å². The van der Waals surface area contributed by atoms with Crippen LogP contribution in [0.4, 0.5) is 0 Å². The van der Waals surface area contributed by atoms with Gasteiger partial charge in [0, 0.05) is 6.92 Å². The summed E-state index contributed by atoms with van der Waals surface area (Å²) in [5, 5.41) is 3.05. The fourth-order valence-electron chi connectivity index (χ4n) is 1.03. The lowest BCUT2D eigenvalue weighted by molar-refractivity contribution is -0.152. The molecular weight excluding hydrogens is 210 g/mol. The van der Waals surface area contributed by atoms with Gasteiger partial charge in [-0.05, 0) is 19.9 Å². The first-order valence-electron chi connectivity index (χ1n) is 5.61. The molecule has 0 saturated heterocycles. The molecule has 0 spiro atoms. The van der Waals surface area contributed by atoms with E-state index in [0.717, 1.165) is 19.4 Å². The zero-order chi connectivity index (χ0) is 12.4. The van der Waals surface area contributed by atoms with E-state index in [2.05, 4.69) is 17.0 Å². The molecule has 0 aliphatic carbocycles. The Morgan fingerprint density at radius 1 is 1.25 bits per heavy atom. The minimum absolute atomic E-state index is 0.109. The van der Waals surface area contributed by atoms with Crippen LogP contribution in [0.3, 0.4) is 0 Å². The molecule has 0 heterocycles. The fourth-order valence-corrected chi connectivity index (χ4v) is 1.03. The van der Waals surface area contributed by atoms with E-state index < -0.39 is 0 Å². The first kappa shape index (κ1) is 14.9. The first-order chi connectivity index (χ1) is 7.57. The molecule has 0 bridgehead atoms. The molecule has 0 fully saturated rings. The van der Waals surface area contributed by atoms with Gasteiger partial charge in [0.05, 0.1) is 0 Å². The quantitative estimate of drug-likeness (QED) is 0.496. The van der Waals surface area contributed by atoms with Crippen LogP contribution in [0.2, 0.25) is 0 Å². The second-order valence-corrected chi connectivity index (χ2v) is 3.54. The number of hydrogen-bond acceptors (Lipinski definition) is 5. The standard InChI is InChI=1S/C11H21NO4/c1-4-5-6-12-9(2)11(14)16-8-7-15-10(3)13/h9,12H,4-8H2,1-3H3. The molecule has 16 heavy (non-hydrogen) atoms. The number of rotatable bonds is 8. The molecule has 1 atom stereocenters. The predicted molar refractivity (Wildman–Crippen MR) is 60.0 cm³/mol. The average Bonchev–Trinajstić information content (AvgIpc) is 2.24. The average molecular weight is 231 g/mol. The van der Waals surface area contributed by atoms with Crippen molar-refractivity contribution in [2.75, 3.05) is 19.8 Å². The molecule has 0 aromatic carbocycles. The number of hydrogen-bond donors (Lipinski definition) is 1. The van der Waals surface area contributed by atoms with Gasteiger partial charge in [-0.2, -0.15) is 0 Å². The minimum Gasteiger partial charge on any atom is -0.462 e. The molecule has 1 unspecified atom stereocenters. The first-order valence-corrected chi connectivity index (χ1v) is 5.61. The van der Waals surface area contributed by atoms with Crippen LogP contribution in [-0.2, 0) is 19.1 Å². The molecule has 0 saturated carbocycles. The number of carbonyl (C=O) groups excluding carboxylic acids is 2. The van der Waals surface area contributed by atoms with E-state index in [1.807, 2.05) is 0 Å². The molecular formula is C11H21NO4. The van der Waals surface area contributed by atoms with Crippen LogP contribution in [0.25, 0.3) is 0 Å². The van der Waals surface area contributed by atoms with Crippen LogP contribution in [-0.4, -0.2) is 37.7 Å². The summed E-state index contributed by atoms with van der Waals surface area (Å²) in [5.41, 5.74) is 0. The summed E-state index contributed by atoms with van der Waals surface area (Å²) in [6, 6.07) is -0.316. The zero-order valence-electron chi connectivity index (χ0n) is 10.2. The van der Waals surface area contributed by atoms with E-state index in [9.17, 15) is 9.59 Å². The maximum Gasteiger partial charge on any atom is 0.322 e. The Morgan fingerprint density at radius 2 is 1.88 bits per heavy atom.